The van der Waals surface area contributed by atoms with Crippen LogP contribution in [0.1, 0.15) is 22.6 Å². The van der Waals surface area contributed by atoms with Gasteiger partial charge in [0, 0.05) is 32.5 Å². The Morgan fingerprint density at radius 1 is 1.11 bits per heavy atom. The topological polar surface area (TPSA) is 74.0 Å². The van der Waals surface area contributed by atoms with Crippen molar-refractivity contribution in [1.29, 1.82) is 0 Å². The first-order valence-electron chi connectivity index (χ1n) is 8.05. The molecule has 7 nitrogen and oxygen atoms in total. The fourth-order valence-electron chi connectivity index (χ4n) is 3.30. The van der Waals surface area contributed by atoms with Gasteiger partial charge in [-0.1, -0.05) is 17.7 Å². The zero-order valence-corrected chi connectivity index (χ0v) is 17.6. The maximum Gasteiger partial charge on any atom is 0.354 e. The van der Waals surface area contributed by atoms with Gasteiger partial charge in [0.25, 0.3) is 0 Å². The van der Waals surface area contributed by atoms with E-state index in [1.165, 1.54) is 6.20 Å². The van der Waals surface area contributed by atoms with E-state index < -0.39 is 0 Å². The molecule has 8 heteroatoms. The third kappa shape index (κ3) is 3.05. The molecule has 27 heavy (non-hydrogen) atoms. The Balaban J connectivity index is 0.00000210. The van der Waals surface area contributed by atoms with Crippen molar-refractivity contribution >= 4 is 17.2 Å². The molecule has 0 saturated heterocycles. The molecule has 0 aliphatic heterocycles. The summed E-state index contributed by atoms with van der Waals surface area (Å²) in [6.07, 6.45) is 1.52. The first-order valence-corrected chi connectivity index (χ1v) is 8.05. The molecule has 137 valence electrons. The molecule has 4 rings (SSSR count). The summed E-state index contributed by atoms with van der Waals surface area (Å²) in [7, 11) is 0. The van der Waals surface area contributed by atoms with Crippen molar-refractivity contribution in [1.82, 2.24) is 24.7 Å². The Morgan fingerprint density at radius 2 is 1.81 bits per heavy atom. The van der Waals surface area contributed by atoms with Crippen molar-refractivity contribution in [3.63, 3.8) is 0 Å². The number of fused-ring (bicyclic) bond motifs is 1. The number of nitrogens with zero attached hydrogens (tertiary/aromatic N) is 6. The molecule has 0 bridgehead atoms. The van der Waals surface area contributed by atoms with Gasteiger partial charge in [-0.25, -0.2) is 4.98 Å². The standard InChI is InChI=1S/C19H15N6O.Ir/c1-10-8-11(2)16(12(3)9-10)25-17(23-24-19(25)20-5)14-6-7-21-18-15(14)22-13(4)26-18;/h7-9H,1-4H3;/q-1;. The Labute approximate surface area is 169 Å². The first-order chi connectivity index (χ1) is 12.5. The number of aryl methyl sites for hydroxylation is 4. The summed E-state index contributed by atoms with van der Waals surface area (Å²) in [5.41, 5.74) is 5.69. The van der Waals surface area contributed by atoms with Crippen molar-refractivity contribution in [2.45, 2.75) is 27.7 Å². The van der Waals surface area contributed by atoms with Crippen LogP contribution in [-0.4, -0.2) is 24.7 Å². The molecular formula is C19H15IrN6O-. The zero-order valence-electron chi connectivity index (χ0n) is 15.2. The van der Waals surface area contributed by atoms with E-state index in [0.29, 0.717) is 28.5 Å². The minimum absolute atomic E-state index is 0. The summed E-state index contributed by atoms with van der Waals surface area (Å²) in [6.45, 7) is 15.3. The second-order valence-corrected chi connectivity index (χ2v) is 6.18. The number of hydrogen-bond donors (Lipinski definition) is 0. The van der Waals surface area contributed by atoms with E-state index in [1.807, 2.05) is 20.8 Å². The van der Waals surface area contributed by atoms with Gasteiger partial charge >= 0.3 is 5.95 Å². The van der Waals surface area contributed by atoms with Crippen molar-refractivity contribution in [2.75, 3.05) is 0 Å². The fraction of sp³-hybridized carbons (Fsp3) is 0.211. The molecule has 0 aliphatic carbocycles. The van der Waals surface area contributed by atoms with Crippen LogP contribution in [0.15, 0.2) is 22.7 Å². The maximum absolute atomic E-state index is 7.50. The average molecular weight is 536 g/mol. The maximum atomic E-state index is 7.50. The van der Waals surface area contributed by atoms with Gasteiger partial charge in [0.1, 0.15) is 5.82 Å². The van der Waals surface area contributed by atoms with E-state index in [9.17, 15) is 0 Å². The van der Waals surface area contributed by atoms with Crippen molar-refractivity contribution < 1.29 is 24.5 Å². The molecule has 0 atom stereocenters. The molecule has 0 fully saturated rings. The van der Waals surface area contributed by atoms with Crippen molar-refractivity contribution in [3.8, 4) is 17.1 Å². The van der Waals surface area contributed by atoms with Crippen LogP contribution in [0.2, 0.25) is 0 Å². The molecule has 0 amide bonds. The Hall–Kier alpha value is -2.88. The normalized spacial score (nSPS) is 10.6. The van der Waals surface area contributed by atoms with Crippen LogP contribution in [0.5, 0.6) is 0 Å². The summed E-state index contributed by atoms with van der Waals surface area (Å²) in [5.74, 6) is 1.19. The molecule has 0 N–H and O–H groups in total. The van der Waals surface area contributed by atoms with E-state index in [0.717, 1.165) is 22.4 Å². The Kier molecular flexibility index (Phi) is 4.92. The van der Waals surface area contributed by atoms with Crippen LogP contribution >= 0.6 is 0 Å². The van der Waals surface area contributed by atoms with Gasteiger partial charge in [0.15, 0.2) is 11.6 Å². The van der Waals surface area contributed by atoms with Gasteiger partial charge in [-0.15, -0.1) is 23.3 Å². The quantitative estimate of drug-likeness (QED) is 0.362. The van der Waals surface area contributed by atoms with Gasteiger partial charge in [-0.05, 0) is 43.2 Å². The van der Waals surface area contributed by atoms with Gasteiger partial charge in [-0.3, -0.25) is 9.55 Å². The van der Waals surface area contributed by atoms with Crippen LogP contribution < -0.4 is 0 Å². The van der Waals surface area contributed by atoms with Crippen LogP contribution in [0.3, 0.4) is 0 Å². The number of rotatable bonds is 2. The van der Waals surface area contributed by atoms with E-state index in [4.69, 9.17) is 11.0 Å². The molecule has 0 aliphatic rings. The largest absolute Gasteiger partial charge is 0.436 e. The molecule has 0 spiro atoms. The molecule has 4 aromatic rings. The smallest absolute Gasteiger partial charge is 0.354 e. The summed E-state index contributed by atoms with van der Waals surface area (Å²) >= 11 is 0. The predicted molar refractivity (Wildman–Crippen MR) is 96.2 cm³/mol. The number of pyridine rings is 1. The molecule has 3 heterocycles. The Bertz CT molecular complexity index is 1180. The van der Waals surface area contributed by atoms with Crippen LogP contribution in [-0.2, 0) is 20.1 Å². The molecule has 3 aromatic heterocycles. The van der Waals surface area contributed by atoms with Crippen LogP contribution in [0.25, 0.3) is 33.2 Å². The van der Waals surface area contributed by atoms with Gasteiger partial charge < -0.3 is 9.26 Å². The molecule has 1 radical (unpaired) electrons. The molecular weight excluding hydrogens is 520 g/mol. The molecule has 0 saturated carbocycles. The minimum atomic E-state index is 0. The second kappa shape index (κ2) is 7.03. The monoisotopic (exact) mass is 536 g/mol. The van der Waals surface area contributed by atoms with E-state index in [2.05, 4.69) is 43.2 Å². The number of aromatic nitrogens is 5. The second-order valence-electron chi connectivity index (χ2n) is 6.18. The third-order valence-electron chi connectivity index (χ3n) is 4.17. The third-order valence-corrected chi connectivity index (χ3v) is 4.17. The van der Waals surface area contributed by atoms with E-state index in [-0.39, 0.29) is 26.1 Å². The number of benzene rings is 1. The summed E-state index contributed by atoms with van der Waals surface area (Å²) in [4.78, 5) is 12.1. The van der Waals surface area contributed by atoms with Gasteiger partial charge in [-0.2, -0.15) is 0 Å². The number of oxazole rings is 1. The SMILES string of the molecule is [C-]#[N+]c1nnc(-c2[c-]cnc3oc(C)nc23)n1-c1c(C)cc(C)cc1C.[Ir]. The summed E-state index contributed by atoms with van der Waals surface area (Å²) in [6, 6.07) is 7.23. The number of hydrogen-bond acceptors (Lipinski definition) is 5. The average Bonchev–Trinajstić information content (AvgIpc) is 3.16. The van der Waals surface area contributed by atoms with Crippen LogP contribution in [0.4, 0.5) is 5.95 Å². The summed E-state index contributed by atoms with van der Waals surface area (Å²) in [5, 5.41) is 8.32. The molecule has 0 unspecified atom stereocenters. The first kappa shape index (κ1) is 18.9. The Morgan fingerprint density at radius 3 is 2.48 bits per heavy atom. The van der Waals surface area contributed by atoms with Crippen molar-refractivity contribution in [3.05, 3.63) is 58.4 Å². The van der Waals surface area contributed by atoms with Gasteiger partial charge in [0.2, 0.25) is 0 Å². The zero-order chi connectivity index (χ0) is 18.4. The van der Waals surface area contributed by atoms with E-state index >= 15 is 0 Å². The minimum Gasteiger partial charge on any atom is -0.436 e. The summed E-state index contributed by atoms with van der Waals surface area (Å²) < 4.78 is 7.27. The molecule has 1 aromatic carbocycles. The van der Waals surface area contributed by atoms with Gasteiger partial charge in [0.05, 0.1) is 5.69 Å². The van der Waals surface area contributed by atoms with Crippen molar-refractivity contribution in [2.24, 2.45) is 0 Å². The predicted octanol–water partition coefficient (Wildman–Crippen LogP) is 4.05. The van der Waals surface area contributed by atoms with Crippen LogP contribution in [0, 0.1) is 40.3 Å². The fourth-order valence-corrected chi connectivity index (χ4v) is 3.30. The van der Waals surface area contributed by atoms with E-state index in [1.54, 1.807) is 11.5 Å².